The van der Waals surface area contributed by atoms with E-state index in [-0.39, 0.29) is 24.8 Å². The second-order valence-corrected chi connectivity index (χ2v) is 30.4. The molecule has 0 N–H and O–H groups in total. The normalized spacial score (nSPS) is 17.4. The van der Waals surface area contributed by atoms with Gasteiger partial charge in [-0.3, -0.25) is 0 Å². The Balaban J connectivity index is 0.00000420. The Morgan fingerprint density at radius 1 is 0.767 bits per heavy atom. The third-order valence-corrected chi connectivity index (χ3v) is 17.8. The van der Waals surface area contributed by atoms with Crippen LogP contribution in [-0.4, -0.2) is 7.63 Å². The second-order valence-electron chi connectivity index (χ2n) is 11.3. The van der Waals surface area contributed by atoms with Crippen LogP contribution in [0.1, 0.15) is 92.9 Å². The monoisotopic (exact) mass is 506 g/mol. The summed E-state index contributed by atoms with van der Waals surface area (Å²) in [5.41, 5.74) is 6.89. The van der Waals surface area contributed by atoms with Crippen LogP contribution < -0.4 is 0 Å². The fourth-order valence-electron chi connectivity index (χ4n) is 5.52. The Bertz CT molecular complexity index is 728. The summed E-state index contributed by atoms with van der Waals surface area (Å²) in [5, 5.41) is 5.48. The zero-order valence-electron chi connectivity index (χ0n) is 21.0. The molecule has 4 heteroatoms. The molecule has 0 aromatic carbocycles. The van der Waals surface area contributed by atoms with E-state index in [9.17, 15) is 0 Å². The van der Waals surface area contributed by atoms with Gasteiger partial charge in [0.1, 0.15) is 0 Å². The van der Waals surface area contributed by atoms with E-state index in [0.29, 0.717) is 0 Å². The molecule has 0 spiro atoms. The molecule has 0 aromatic heterocycles. The van der Waals surface area contributed by atoms with Gasteiger partial charge in [0, 0.05) is 0 Å². The molecule has 2 aliphatic rings. The van der Waals surface area contributed by atoms with Gasteiger partial charge in [-0.05, 0) is 0 Å². The van der Waals surface area contributed by atoms with Gasteiger partial charge >= 0.3 is 179 Å². The summed E-state index contributed by atoms with van der Waals surface area (Å²) >= 11 is -2.87. The molecule has 0 fully saturated rings. The Morgan fingerprint density at radius 3 is 1.37 bits per heavy atom. The van der Waals surface area contributed by atoms with Crippen LogP contribution in [-0.2, 0) is 14.0 Å². The van der Waals surface area contributed by atoms with Crippen LogP contribution in [0.3, 0.4) is 0 Å². The molecule has 0 radical (unpaired) electrons. The molecule has 0 nitrogen and oxygen atoms in total. The first-order chi connectivity index (χ1) is 13.0. The van der Waals surface area contributed by atoms with Crippen LogP contribution in [0.4, 0.5) is 0 Å². The maximum atomic E-state index is 2.74. The molecule has 174 valence electrons. The molecule has 2 aliphatic carbocycles. The van der Waals surface area contributed by atoms with Crippen LogP contribution >= 0.6 is 24.8 Å². The van der Waals surface area contributed by atoms with Crippen molar-refractivity contribution < 1.29 is 14.0 Å². The first-order valence-corrected chi connectivity index (χ1v) is 20.6. The third kappa shape index (κ3) is 7.24. The fraction of sp³-hybridized carbons (Fsp3) is 0.692. The zero-order chi connectivity index (χ0) is 21.1. The van der Waals surface area contributed by atoms with E-state index in [2.05, 4.69) is 71.8 Å². The SMILES string of the molecule is CCCC1=[C]([Ti]([CH3])([CH3])(=[SiH2])[C]2=C(CCC)C=C(CC(C)C)C2)CC(CC(C)C)=C1.Cl.Cl. The van der Waals surface area contributed by atoms with E-state index in [0.717, 1.165) is 11.8 Å². The number of allylic oxidation sites excluding steroid dienone is 8. The quantitative estimate of drug-likeness (QED) is 0.259. The summed E-state index contributed by atoms with van der Waals surface area (Å²) < 4.78 is 3.83. The minimum absolute atomic E-state index is 0. The third-order valence-electron chi connectivity index (χ3n) is 6.65. The predicted molar refractivity (Wildman–Crippen MR) is 143 cm³/mol. The average molecular weight is 508 g/mol. The van der Waals surface area contributed by atoms with E-state index < -0.39 is 14.0 Å². The molecular formula is C26H48Cl2SiTi. The van der Waals surface area contributed by atoms with Gasteiger partial charge < -0.3 is 0 Å². The summed E-state index contributed by atoms with van der Waals surface area (Å²) in [4.78, 5) is 0. The van der Waals surface area contributed by atoms with Crippen molar-refractivity contribution in [3.8, 4) is 0 Å². The van der Waals surface area contributed by atoms with Crippen molar-refractivity contribution in [1.82, 2.24) is 0 Å². The molecule has 0 amide bonds. The molecule has 30 heavy (non-hydrogen) atoms. The van der Waals surface area contributed by atoms with Gasteiger partial charge in [-0.1, -0.05) is 0 Å². The summed E-state index contributed by atoms with van der Waals surface area (Å²) in [6, 6.07) is 0. The molecule has 0 saturated carbocycles. The molecule has 0 heterocycles. The Morgan fingerprint density at radius 2 is 1.10 bits per heavy atom. The zero-order valence-corrected chi connectivity index (χ0v) is 25.6. The first-order valence-electron chi connectivity index (χ1n) is 11.9. The second kappa shape index (κ2) is 12.1. The van der Waals surface area contributed by atoms with Gasteiger partial charge in [0.15, 0.2) is 0 Å². The maximum Gasteiger partial charge on any atom is -0.147 e. The van der Waals surface area contributed by atoms with Gasteiger partial charge in [-0.15, -0.1) is 24.8 Å². The van der Waals surface area contributed by atoms with Crippen molar-refractivity contribution in [2.45, 2.75) is 103 Å². The molecule has 2 rings (SSSR count). The molecular weight excluding hydrogens is 459 g/mol. The standard InChI is InChI=1S/2C12H19.2CH3.2ClH.H2Si.Ti/c2*1-4-5-11-6-7-12(9-11)8-10(2)3;;;;;;/h2*9-10H,4-5,7-8H2,1-3H3;2*1H3;2*1H;1H2;. The van der Waals surface area contributed by atoms with Crippen LogP contribution in [0.15, 0.2) is 42.2 Å². The fourth-order valence-corrected chi connectivity index (χ4v) is 15.3. The number of hydrogen-bond donors (Lipinski definition) is 0. The Hall–Kier alpha value is 0.471. The summed E-state index contributed by atoms with van der Waals surface area (Å²) in [6.45, 7) is 14.2. The predicted octanol–water partition coefficient (Wildman–Crippen LogP) is 9.02. The largest absolute Gasteiger partial charge is 0.147 e. The molecule has 0 atom stereocenters. The summed E-state index contributed by atoms with van der Waals surface area (Å²) in [5.74, 6) is 1.53. The van der Waals surface area contributed by atoms with Crippen molar-refractivity contribution in [2.75, 3.05) is 0 Å². The van der Waals surface area contributed by atoms with Crippen molar-refractivity contribution in [2.24, 2.45) is 11.8 Å². The number of halogens is 2. The maximum absolute atomic E-state index is 2.87. The van der Waals surface area contributed by atoms with Crippen molar-refractivity contribution in [1.29, 1.82) is 0 Å². The van der Waals surface area contributed by atoms with Gasteiger partial charge in [0.25, 0.3) is 0 Å². The summed E-state index contributed by atoms with van der Waals surface area (Å²) in [6.07, 6.45) is 15.5. The van der Waals surface area contributed by atoms with Crippen molar-refractivity contribution >= 4 is 32.4 Å². The number of rotatable bonds is 10. The molecule has 0 aromatic rings. The topological polar surface area (TPSA) is 0 Å². The van der Waals surface area contributed by atoms with Crippen LogP contribution in [0.25, 0.3) is 0 Å². The average Bonchev–Trinajstić information content (AvgIpc) is 3.12. The van der Waals surface area contributed by atoms with Crippen LogP contribution in [0.5, 0.6) is 0 Å². The van der Waals surface area contributed by atoms with Crippen LogP contribution in [0, 0.1) is 11.8 Å². The Labute approximate surface area is 202 Å². The molecule has 0 aliphatic heterocycles. The van der Waals surface area contributed by atoms with E-state index in [4.69, 9.17) is 0 Å². The molecule has 0 saturated heterocycles. The Kier molecular flexibility index (Phi) is 12.3. The van der Waals surface area contributed by atoms with E-state index in [1.165, 1.54) is 51.4 Å². The summed E-state index contributed by atoms with van der Waals surface area (Å²) in [7, 11) is 2.46. The van der Waals surface area contributed by atoms with Crippen molar-refractivity contribution in [3.05, 3.63) is 42.2 Å². The molecule has 0 bridgehead atoms. The van der Waals surface area contributed by atoms with Gasteiger partial charge in [-0.25, -0.2) is 0 Å². The minimum Gasteiger partial charge on any atom is -0.147 e. The smallest absolute Gasteiger partial charge is 0.147 e. The first kappa shape index (κ1) is 30.5. The van der Waals surface area contributed by atoms with Gasteiger partial charge in [0.05, 0.1) is 0 Å². The van der Waals surface area contributed by atoms with Gasteiger partial charge in [-0.2, -0.15) is 0 Å². The van der Waals surface area contributed by atoms with Gasteiger partial charge in [0.2, 0.25) is 0 Å². The van der Waals surface area contributed by atoms with E-state index >= 15 is 0 Å². The van der Waals surface area contributed by atoms with Crippen LogP contribution in [0.2, 0.25) is 10.5 Å². The van der Waals surface area contributed by atoms with Crippen molar-refractivity contribution in [3.63, 3.8) is 0 Å². The molecule has 0 unspecified atom stereocenters. The van der Waals surface area contributed by atoms with E-state index in [1.54, 1.807) is 22.3 Å². The number of hydrogen-bond acceptors (Lipinski definition) is 0. The minimum atomic E-state index is -2.87. The van der Waals surface area contributed by atoms with E-state index in [1.807, 2.05) is 7.76 Å².